The van der Waals surface area contributed by atoms with Crippen molar-refractivity contribution < 1.29 is 4.74 Å². The van der Waals surface area contributed by atoms with Crippen molar-refractivity contribution in [1.82, 2.24) is 0 Å². The normalized spacial score (nSPS) is 15.1. The molecule has 0 bridgehead atoms. The number of benzene rings is 5. The first-order valence-electron chi connectivity index (χ1n) is 12.9. The van der Waals surface area contributed by atoms with Crippen molar-refractivity contribution in [2.75, 3.05) is 0 Å². The van der Waals surface area contributed by atoms with Crippen LogP contribution in [0.4, 0.5) is 0 Å². The van der Waals surface area contributed by atoms with Gasteiger partial charge in [-0.25, -0.2) is 0 Å². The standard InChI is InChI=1S/C35H24OS/c1-3-12-24(13-4-1)35(25-14-5-2-6-15-25)22-21-28-27-20-19-23-11-7-8-16-26(23)31(27)34-32(33(28)36-35)29-17-9-10-18-30(29)37-34/h1-18,21-22H,19-20H2. The average molecular weight is 493 g/mol. The molecule has 0 atom stereocenters. The van der Waals surface area contributed by atoms with E-state index in [2.05, 4.69) is 121 Å². The monoisotopic (exact) mass is 492 g/mol. The number of fused-ring (bicyclic) bond motifs is 10. The summed E-state index contributed by atoms with van der Waals surface area (Å²) in [5.74, 6) is 1.01. The van der Waals surface area contributed by atoms with Gasteiger partial charge in [-0.2, -0.15) is 0 Å². The van der Waals surface area contributed by atoms with Crippen LogP contribution in [0.3, 0.4) is 0 Å². The fourth-order valence-corrected chi connectivity index (χ4v) is 7.59. The molecule has 37 heavy (non-hydrogen) atoms. The van der Waals surface area contributed by atoms with Crippen molar-refractivity contribution in [3.8, 4) is 16.9 Å². The number of aryl methyl sites for hydroxylation is 1. The third-order valence-electron chi connectivity index (χ3n) is 8.01. The van der Waals surface area contributed by atoms with Gasteiger partial charge in [-0.1, -0.05) is 109 Å². The summed E-state index contributed by atoms with van der Waals surface area (Å²) in [5.41, 5.74) is 8.46. The highest BCUT2D eigenvalue weighted by molar-refractivity contribution is 7.26. The second-order valence-corrected chi connectivity index (χ2v) is 11.0. The predicted molar refractivity (Wildman–Crippen MR) is 156 cm³/mol. The minimum atomic E-state index is -0.688. The van der Waals surface area contributed by atoms with Crippen LogP contribution in [0.5, 0.6) is 5.75 Å². The van der Waals surface area contributed by atoms with Crippen LogP contribution < -0.4 is 4.74 Å². The molecule has 0 amide bonds. The lowest BCUT2D eigenvalue weighted by atomic mass is 9.79. The number of hydrogen-bond donors (Lipinski definition) is 0. The lowest BCUT2D eigenvalue weighted by molar-refractivity contribution is 0.163. The maximum absolute atomic E-state index is 7.35. The molecule has 0 N–H and O–H groups in total. The van der Waals surface area contributed by atoms with Crippen molar-refractivity contribution in [3.05, 3.63) is 143 Å². The summed E-state index contributed by atoms with van der Waals surface area (Å²) in [6, 6.07) is 39.0. The molecule has 1 nitrogen and oxygen atoms in total. The van der Waals surface area contributed by atoms with Crippen molar-refractivity contribution in [2.24, 2.45) is 0 Å². The van der Waals surface area contributed by atoms with E-state index in [1.807, 2.05) is 11.3 Å². The van der Waals surface area contributed by atoms with E-state index in [0.29, 0.717) is 0 Å². The summed E-state index contributed by atoms with van der Waals surface area (Å²) in [6.45, 7) is 0. The highest BCUT2D eigenvalue weighted by Crippen LogP contribution is 2.54. The molecule has 0 unspecified atom stereocenters. The Morgan fingerprint density at radius 3 is 2.14 bits per heavy atom. The Labute approximate surface area is 220 Å². The Hall–Kier alpha value is -4.14. The molecule has 0 saturated carbocycles. The first-order chi connectivity index (χ1) is 18.3. The lowest BCUT2D eigenvalue weighted by Gasteiger charge is -2.38. The topological polar surface area (TPSA) is 9.23 Å². The SMILES string of the molecule is C1=CC(c2ccccc2)(c2ccccc2)Oc2c1c1c(c3sc4ccccc4c23)-c2ccccc2CC1. The largest absolute Gasteiger partial charge is 0.472 e. The van der Waals surface area contributed by atoms with Gasteiger partial charge in [0.05, 0.1) is 0 Å². The Morgan fingerprint density at radius 2 is 1.35 bits per heavy atom. The Bertz CT molecular complexity index is 1800. The molecule has 2 heteroatoms. The van der Waals surface area contributed by atoms with Crippen LogP contribution in [0.1, 0.15) is 27.8 Å². The Kier molecular flexibility index (Phi) is 4.50. The van der Waals surface area contributed by atoms with Gasteiger partial charge in [0.2, 0.25) is 0 Å². The highest BCUT2D eigenvalue weighted by Gasteiger charge is 2.39. The molecule has 2 aliphatic rings. The van der Waals surface area contributed by atoms with E-state index in [-0.39, 0.29) is 0 Å². The number of ether oxygens (including phenoxy) is 1. The zero-order valence-corrected chi connectivity index (χ0v) is 21.1. The van der Waals surface area contributed by atoms with Gasteiger partial charge in [0, 0.05) is 42.4 Å². The van der Waals surface area contributed by atoms with Gasteiger partial charge < -0.3 is 4.74 Å². The molecule has 1 aliphatic heterocycles. The van der Waals surface area contributed by atoms with Gasteiger partial charge in [-0.15, -0.1) is 11.3 Å². The first-order valence-corrected chi connectivity index (χ1v) is 13.7. The fourth-order valence-electron chi connectivity index (χ4n) is 6.30. The van der Waals surface area contributed by atoms with Crippen LogP contribution in [-0.4, -0.2) is 0 Å². The third kappa shape index (κ3) is 2.97. The van der Waals surface area contributed by atoms with Crippen LogP contribution in [0.2, 0.25) is 0 Å². The number of thiophene rings is 1. The Morgan fingerprint density at radius 1 is 0.676 bits per heavy atom. The maximum Gasteiger partial charge on any atom is 0.178 e. The van der Waals surface area contributed by atoms with Crippen molar-refractivity contribution in [3.63, 3.8) is 0 Å². The molecule has 5 aromatic carbocycles. The molecule has 176 valence electrons. The molecule has 0 fully saturated rings. The van der Waals surface area contributed by atoms with E-state index >= 15 is 0 Å². The van der Waals surface area contributed by atoms with Gasteiger partial charge in [-0.05, 0) is 41.7 Å². The molecule has 0 spiro atoms. The van der Waals surface area contributed by atoms with Crippen molar-refractivity contribution in [2.45, 2.75) is 18.4 Å². The van der Waals surface area contributed by atoms with E-state index in [9.17, 15) is 0 Å². The predicted octanol–water partition coefficient (Wildman–Crippen LogP) is 9.17. The molecule has 0 radical (unpaired) electrons. The lowest BCUT2D eigenvalue weighted by Crippen LogP contribution is -2.34. The van der Waals surface area contributed by atoms with Gasteiger partial charge in [-0.3, -0.25) is 0 Å². The molecule has 8 rings (SSSR count). The second-order valence-electron chi connectivity index (χ2n) is 9.96. The number of rotatable bonds is 2. The minimum absolute atomic E-state index is 0.688. The molecular weight excluding hydrogens is 468 g/mol. The molecule has 2 heterocycles. The van der Waals surface area contributed by atoms with E-state index in [0.717, 1.165) is 29.7 Å². The molecule has 6 aromatic rings. The van der Waals surface area contributed by atoms with Crippen LogP contribution in [0.15, 0.2) is 115 Å². The van der Waals surface area contributed by atoms with Crippen LogP contribution in [0.25, 0.3) is 37.4 Å². The maximum atomic E-state index is 7.35. The van der Waals surface area contributed by atoms with E-state index in [4.69, 9.17) is 4.74 Å². The zero-order valence-electron chi connectivity index (χ0n) is 20.3. The van der Waals surface area contributed by atoms with E-state index < -0.39 is 5.60 Å². The smallest absolute Gasteiger partial charge is 0.178 e. The zero-order chi connectivity index (χ0) is 24.4. The summed E-state index contributed by atoms with van der Waals surface area (Å²) in [6.07, 6.45) is 6.71. The molecular formula is C35H24OS. The molecule has 1 aromatic heterocycles. The third-order valence-corrected chi connectivity index (χ3v) is 9.19. The fraction of sp³-hybridized carbons (Fsp3) is 0.0857. The van der Waals surface area contributed by atoms with E-state index in [1.165, 1.54) is 48.0 Å². The summed E-state index contributed by atoms with van der Waals surface area (Å²) < 4.78 is 9.99. The molecule has 1 aliphatic carbocycles. The highest BCUT2D eigenvalue weighted by atomic mass is 32.1. The van der Waals surface area contributed by atoms with Crippen LogP contribution >= 0.6 is 11.3 Å². The van der Waals surface area contributed by atoms with Crippen molar-refractivity contribution in [1.29, 1.82) is 0 Å². The van der Waals surface area contributed by atoms with Gasteiger partial charge in [0.15, 0.2) is 5.60 Å². The van der Waals surface area contributed by atoms with Gasteiger partial charge in [0.1, 0.15) is 5.75 Å². The van der Waals surface area contributed by atoms with Crippen LogP contribution in [0, 0.1) is 0 Å². The average Bonchev–Trinajstić information content (AvgIpc) is 3.37. The summed E-state index contributed by atoms with van der Waals surface area (Å²) in [4.78, 5) is 0. The first kappa shape index (κ1) is 21.0. The minimum Gasteiger partial charge on any atom is -0.472 e. The molecule has 0 saturated heterocycles. The van der Waals surface area contributed by atoms with Gasteiger partial charge >= 0.3 is 0 Å². The second kappa shape index (κ2) is 7.93. The van der Waals surface area contributed by atoms with E-state index in [1.54, 1.807) is 0 Å². The Balaban J connectivity index is 1.50. The summed E-state index contributed by atoms with van der Waals surface area (Å²) in [5, 5.41) is 2.52. The van der Waals surface area contributed by atoms with Gasteiger partial charge in [0.25, 0.3) is 0 Å². The number of hydrogen-bond acceptors (Lipinski definition) is 2. The summed E-state index contributed by atoms with van der Waals surface area (Å²) >= 11 is 1.90. The summed E-state index contributed by atoms with van der Waals surface area (Å²) in [7, 11) is 0. The quantitative estimate of drug-likeness (QED) is 0.234. The van der Waals surface area contributed by atoms with Crippen LogP contribution in [-0.2, 0) is 18.4 Å². The van der Waals surface area contributed by atoms with Crippen molar-refractivity contribution >= 4 is 37.6 Å².